The van der Waals surface area contributed by atoms with Gasteiger partial charge < -0.3 is 20.4 Å². The number of carbonyl (C=O) groups excluding carboxylic acids is 2. The largest absolute Gasteiger partial charge is 0.378 e. The van der Waals surface area contributed by atoms with Crippen LogP contribution in [-0.2, 0) is 9.59 Å². The maximum atomic E-state index is 12.5. The van der Waals surface area contributed by atoms with Gasteiger partial charge in [0.1, 0.15) is 6.04 Å². The van der Waals surface area contributed by atoms with E-state index < -0.39 is 11.8 Å². The molecule has 0 bridgehead atoms. The van der Waals surface area contributed by atoms with E-state index >= 15 is 0 Å². The Morgan fingerprint density at radius 2 is 1.67 bits per heavy atom. The van der Waals surface area contributed by atoms with Crippen LogP contribution in [0.3, 0.4) is 0 Å². The Balaban J connectivity index is 1.65. The van der Waals surface area contributed by atoms with Crippen LogP contribution in [0.15, 0.2) is 42.5 Å². The zero-order valence-electron chi connectivity index (χ0n) is 18.4. The van der Waals surface area contributed by atoms with Crippen molar-refractivity contribution in [2.24, 2.45) is 0 Å². The van der Waals surface area contributed by atoms with Crippen molar-refractivity contribution >= 4 is 23.2 Å². The number of hydrogen-bond acceptors (Lipinski definition) is 3. The van der Waals surface area contributed by atoms with Gasteiger partial charge in [0.15, 0.2) is 0 Å². The summed E-state index contributed by atoms with van der Waals surface area (Å²) in [5.74, 6) is -1.22. The van der Waals surface area contributed by atoms with E-state index in [9.17, 15) is 9.59 Å². The molecule has 2 amide bonds. The topological polar surface area (TPSA) is 65.9 Å². The highest BCUT2D eigenvalue weighted by Crippen LogP contribution is 2.18. The van der Waals surface area contributed by atoms with E-state index in [1.54, 1.807) is 0 Å². The van der Waals surface area contributed by atoms with E-state index in [1.807, 2.05) is 46.1 Å². The van der Waals surface area contributed by atoms with Crippen molar-refractivity contribution in [3.63, 3.8) is 0 Å². The first-order valence-electron chi connectivity index (χ1n) is 10.6. The second-order valence-corrected chi connectivity index (χ2v) is 8.39. The van der Waals surface area contributed by atoms with E-state index in [1.165, 1.54) is 23.3 Å². The van der Waals surface area contributed by atoms with Crippen molar-refractivity contribution in [2.45, 2.75) is 32.7 Å². The van der Waals surface area contributed by atoms with Crippen LogP contribution in [-0.4, -0.2) is 45.5 Å². The number of likely N-dealkylation sites (tertiary alicyclic amines) is 1. The minimum Gasteiger partial charge on any atom is -0.378 e. The Hall–Kier alpha value is -2.86. The molecule has 1 atom stereocenters. The molecule has 30 heavy (non-hydrogen) atoms. The lowest BCUT2D eigenvalue weighted by molar-refractivity contribution is -0.918. The lowest BCUT2D eigenvalue weighted by atomic mass is 10.0. The molecule has 1 fully saturated rings. The van der Waals surface area contributed by atoms with Crippen molar-refractivity contribution in [3.05, 3.63) is 59.2 Å². The van der Waals surface area contributed by atoms with Gasteiger partial charge in [0.2, 0.25) is 0 Å². The molecule has 1 aliphatic rings. The van der Waals surface area contributed by atoms with E-state index in [2.05, 4.69) is 39.8 Å². The monoisotopic (exact) mass is 409 g/mol. The van der Waals surface area contributed by atoms with Gasteiger partial charge in [-0.2, -0.15) is 0 Å². The van der Waals surface area contributed by atoms with Crippen molar-refractivity contribution in [3.8, 4) is 0 Å². The summed E-state index contributed by atoms with van der Waals surface area (Å²) in [7, 11) is 4.04. The zero-order valence-corrected chi connectivity index (χ0v) is 18.4. The first-order valence-corrected chi connectivity index (χ1v) is 10.6. The van der Waals surface area contributed by atoms with Gasteiger partial charge in [-0.25, -0.2) is 0 Å². The Morgan fingerprint density at radius 3 is 2.27 bits per heavy atom. The van der Waals surface area contributed by atoms with Crippen molar-refractivity contribution < 1.29 is 14.5 Å². The van der Waals surface area contributed by atoms with E-state index in [4.69, 9.17) is 0 Å². The van der Waals surface area contributed by atoms with Crippen LogP contribution in [0.5, 0.6) is 0 Å². The molecule has 0 saturated carbocycles. The summed E-state index contributed by atoms with van der Waals surface area (Å²) in [5.41, 5.74) is 5.06. The van der Waals surface area contributed by atoms with Gasteiger partial charge in [-0.15, -0.1) is 0 Å². The SMILES string of the molecule is Cc1ccc(NC(=O)C(=O)NC[C@H](c2ccc(N(C)C)cc2)[NH+]2CCCC2)c(C)c1. The number of quaternary nitrogens is 1. The fourth-order valence-corrected chi connectivity index (χ4v) is 4.09. The van der Waals surface area contributed by atoms with E-state index in [0.29, 0.717) is 12.2 Å². The van der Waals surface area contributed by atoms with Crippen LogP contribution in [0.1, 0.15) is 35.6 Å². The second-order valence-electron chi connectivity index (χ2n) is 8.39. The number of hydrogen-bond donors (Lipinski definition) is 3. The number of amides is 2. The van der Waals surface area contributed by atoms with Gasteiger partial charge in [-0.05, 0) is 37.6 Å². The van der Waals surface area contributed by atoms with Crippen LogP contribution in [0.2, 0.25) is 0 Å². The van der Waals surface area contributed by atoms with Gasteiger partial charge >= 0.3 is 11.8 Å². The van der Waals surface area contributed by atoms with Crippen molar-refractivity contribution in [1.82, 2.24) is 5.32 Å². The zero-order chi connectivity index (χ0) is 21.7. The highest BCUT2D eigenvalue weighted by molar-refractivity contribution is 6.39. The number of carbonyl (C=O) groups is 2. The molecule has 160 valence electrons. The predicted octanol–water partition coefficient (Wildman–Crippen LogP) is 1.84. The third-order valence-electron chi connectivity index (χ3n) is 5.85. The summed E-state index contributed by atoms with van der Waals surface area (Å²) in [5, 5.41) is 5.59. The lowest BCUT2D eigenvalue weighted by Gasteiger charge is -2.25. The number of aryl methyl sites for hydroxylation is 2. The molecule has 0 unspecified atom stereocenters. The molecule has 0 radical (unpaired) electrons. The molecule has 0 spiro atoms. The number of benzene rings is 2. The molecule has 0 aromatic heterocycles. The van der Waals surface area contributed by atoms with Gasteiger partial charge in [0.05, 0.1) is 19.6 Å². The standard InChI is InChI=1S/C24H32N4O2/c1-17-7-12-21(18(2)15-17)26-24(30)23(29)25-16-22(28-13-5-6-14-28)19-8-10-20(11-9-19)27(3)4/h7-12,15,22H,5-6,13-14,16H2,1-4H3,(H,25,29)(H,26,30)/p+1/t22-/m1/s1. The molecule has 1 heterocycles. The molecule has 3 rings (SSSR count). The summed E-state index contributed by atoms with van der Waals surface area (Å²) in [6.45, 7) is 6.53. The molecular formula is C24H33N4O2+. The van der Waals surface area contributed by atoms with Crippen LogP contribution in [0.25, 0.3) is 0 Å². The summed E-state index contributed by atoms with van der Waals surface area (Å²) in [4.78, 5) is 28.4. The predicted molar refractivity (Wildman–Crippen MR) is 121 cm³/mol. The normalized spacial score (nSPS) is 14.9. The van der Waals surface area contributed by atoms with Crippen LogP contribution < -0.4 is 20.4 Å². The minimum absolute atomic E-state index is 0.140. The van der Waals surface area contributed by atoms with Gasteiger partial charge in [-0.3, -0.25) is 9.59 Å². The molecule has 2 aromatic rings. The highest BCUT2D eigenvalue weighted by Gasteiger charge is 2.28. The quantitative estimate of drug-likeness (QED) is 0.638. The summed E-state index contributed by atoms with van der Waals surface area (Å²) in [6, 6.07) is 14.3. The molecule has 3 N–H and O–H groups in total. The minimum atomic E-state index is -0.625. The third kappa shape index (κ3) is 5.39. The molecule has 2 aromatic carbocycles. The van der Waals surface area contributed by atoms with E-state index in [-0.39, 0.29) is 6.04 Å². The summed E-state index contributed by atoms with van der Waals surface area (Å²) in [6.07, 6.45) is 2.39. The third-order valence-corrected chi connectivity index (χ3v) is 5.85. The molecule has 1 aliphatic heterocycles. The lowest BCUT2D eigenvalue weighted by Crippen LogP contribution is -3.11. The molecule has 6 heteroatoms. The molecule has 6 nitrogen and oxygen atoms in total. The first kappa shape index (κ1) is 21.8. The van der Waals surface area contributed by atoms with Crippen molar-refractivity contribution in [1.29, 1.82) is 0 Å². The van der Waals surface area contributed by atoms with Crippen LogP contribution in [0.4, 0.5) is 11.4 Å². The molecule has 1 saturated heterocycles. The van der Waals surface area contributed by atoms with Gasteiger partial charge in [0.25, 0.3) is 0 Å². The maximum Gasteiger partial charge on any atom is 0.313 e. The average molecular weight is 410 g/mol. The van der Waals surface area contributed by atoms with Gasteiger partial charge in [-0.1, -0.05) is 29.8 Å². The van der Waals surface area contributed by atoms with Gasteiger partial charge in [0, 0.05) is 43.9 Å². The smallest absolute Gasteiger partial charge is 0.313 e. The second kappa shape index (κ2) is 9.76. The Bertz CT molecular complexity index is 887. The van der Waals surface area contributed by atoms with E-state index in [0.717, 1.165) is 29.9 Å². The molecule has 0 aliphatic carbocycles. The Morgan fingerprint density at radius 1 is 1.00 bits per heavy atom. The Kier molecular flexibility index (Phi) is 7.11. The number of anilines is 2. The van der Waals surface area contributed by atoms with Crippen LogP contribution in [0, 0.1) is 13.8 Å². The average Bonchev–Trinajstić information content (AvgIpc) is 3.25. The Labute approximate surface area is 179 Å². The van der Waals surface area contributed by atoms with Crippen molar-refractivity contribution in [2.75, 3.05) is 43.9 Å². The number of nitrogens with one attached hydrogen (secondary N) is 3. The fraction of sp³-hybridized carbons (Fsp3) is 0.417. The maximum absolute atomic E-state index is 12.5. The fourth-order valence-electron chi connectivity index (χ4n) is 4.09. The molecular weight excluding hydrogens is 376 g/mol. The number of nitrogens with zero attached hydrogens (tertiary/aromatic N) is 1. The summed E-state index contributed by atoms with van der Waals surface area (Å²) >= 11 is 0. The first-order chi connectivity index (χ1) is 14.3. The highest BCUT2D eigenvalue weighted by atomic mass is 16.2. The number of rotatable bonds is 6. The van der Waals surface area contributed by atoms with Crippen LogP contribution >= 0.6 is 0 Å². The summed E-state index contributed by atoms with van der Waals surface area (Å²) < 4.78 is 0.